The number of hydrogen-bond donors (Lipinski definition) is 1. The minimum absolute atomic E-state index is 0.144. The summed E-state index contributed by atoms with van der Waals surface area (Å²) < 4.78 is 6.35. The highest BCUT2D eigenvalue weighted by atomic mass is 16.6. The summed E-state index contributed by atoms with van der Waals surface area (Å²) in [4.78, 5) is 10.4. The number of rotatable bonds is 5. The number of nitrogens with zero attached hydrogens (tertiary/aromatic N) is 5. The van der Waals surface area contributed by atoms with Gasteiger partial charge in [-0.2, -0.15) is 4.68 Å². The van der Waals surface area contributed by atoms with Crippen LogP contribution in [0.1, 0.15) is 5.82 Å². The topological polar surface area (TPSA) is 122 Å². The van der Waals surface area contributed by atoms with Gasteiger partial charge in [-0.1, -0.05) is 0 Å². The zero-order valence-electron chi connectivity index (χ0n) is 10.2. The maximum absolute atomic E-state index is 11.0. The lowest BCUT2D eigenvalue weighted by molar-refractivity contribution is -0.385. The minimum atomic E-state index is -0.519. The van der Waals surface area contributed by atoms with Gasteiger partial charge in [-0.15, -0.1) is 5.10 Å². The second kappa shape index (κ2) is 5.40. The molecule has 0 amide bonds. The molecule has 1 heterocycles. The SMILES string of the molecule is COc1ccc(-n2nnnc2CCN)cc1[N+](=O)[O-]. The number of nitro groups is 1. The molecule has 0 bridgehead atoms. The summed E-state index contributed by atoms with van der Waals surface area (Å²) in [6, 6.07) is 4.50. The maximum Gasteiger partial charge on any atom is 0.313 e. The van der Waals surface area contributed by atoms with Crippen molar-refractivity contribution in [3.05, 3.63) is 34.1 Å². The molecule has 2 aromatic rings. The molecule has 2 rings (SSSR count). The van der Waals surface area contributed by atoms with Crippen molar-refractivity contribution in [3.8, 4) is 11.4 Å². The van der Waals surface area contributed by atoms with Crippen molar-refractivity contribution in [2.45, 2.75) is 6.42 Å². The van der Waals surface area contributed by atoms with E-state index in [1.165, 1.54) is 23.9 Å². The molecule has 19 heavy (non-hydrogen) atoms. The highest BCUT2D eigenvalue weighted by Gasteiger charge is 2.17. The maximum atomic E-state index is 11.0. The molecule has 0 fully saturated rings. The van der Waals surface area contributed by atoms with E-state index in [1.807, 2.05) is 0 Å². The van der Waals surface area contributed by atoms with Crippen LogP contribution in [-0.4, -0.2) is 38.8 Å². The molecule has 9 nitrogen and oxygen atoms in total. The van der Waals surface area contributed by atoms with Gasteiger partial charge < -0.3 is 10.5 Å². The van der Waals surface area contributed by atoms with Gasteiger partial charge in [0, 0.05) is 12.5 Å². The van der Waals surface area contributed by atoms with Crippen LogP contribution in [0.2, 0.25) is 0 Å². The fourth-order valence-corrected chi connectivity index (χ4v) is 1.64. The molecule has 0 spiro atoms. The van der Waals surface area contributed by atoms with E-state index < -0.39 is 4.92 Å². The van der Waals surface area contributed by atoms with Crippen molar-refractivity contribution in [2.75, 3.05) is 13.7 Å². The van der Waals surface area contributed by atoms with Gasteiger partial charge in [0.2, 0.25) is 0 Å². The molecule has 1 aromatic carbocycles. The molecule has 2 N–H and O–H groups in total. The molecular formula is C10H12N6O3. The fraction of sp³-hybridized carbons (Fsp3) is 0.300. The predicted octanol–water partition coefficient (Wildman–Crippen LogP) is 0.0803. The Hall–Kier alpha value is -2.55. The smallest absolute Gasteiger partial charge is 0.313 e. The lowest BCUT2D eigenvalue weighted by Gasteiger charge is -2.06. The normalized spacial score (nSPS) is 10.4. The summed E-state index contributed by atoms with van der Waals surface area (Å²) >= 11 is 0. The summed E-state index contributed by atoms with van der Waals surface area (Å²) in [6.45, 7) is 0.388. The van der Waals surface area contributed by atoms with E-state index in [9.17, 15) is 10.1 Å². The van der Waals surface area contributed by atoms with Crippen LogP contribution in [0.3, 0.4) is 0 Å². The molecule has 100 valence electrons. The number of methoxy groups -OCH3 is 1. The zero-order valence-corrected chi connectivity index (χ0v) is 10.2. The van der Waals surface area contributed by atoms with Crippen LogP contribution in [0.4, 0.5) is 5.69 Å². The number of hydrogen-bond acceptors (Lipinski definition) is 7. The first-order valence-electron chi connectivity index (χ1n) is 5.47. The standard InChI is InChI=1S/C10H12N6O3/c1-19-9-3-2-7(6-8(9)16(17)18)15-10(4-5-11)12-13-14-15/h2-3,6H,4-5,11H2,1H3. The number of nitrogens with two attached hydrogens (primary N) is 1. The van der Waals surface area contributed by atoms with Gasteiger partial charge in [0.05, 0.1) is 17.7 Å². The predicted molar refractivity (Wildman–Crippen MR) is 65.1 cm³/mol. The second-order valence-corrected chi connectivity index (χ2v) is 3.66. The van der Waals surface area contributed by atoms with Crippen molar-refractivity contribution in [1.82, 2.24) is 20.2 Å². The third-order valence-electron chi connectivity index (χ3n) is 2.51. The van der Waals surface area contributed by atoms with Crippen LogP contribution in [-0.2, 0) is 6.42 Å². The summed E-state index contributed by atoms with van der Waals surface area (Å²) in [5.74, 6) is 0.726. The lowest BCUT2D eigenvalue weighted by Crippen LogP contribution is -2.10. The van der Waals surface area contributed by atoms with E-state index in [-0.39, 0.29) is 11.4 Å². The summed E-state index contributed by atoms with van der Waals surface area (Å²) in [5, 5.41) is 22.1. The van der Waals surface area contributed by atoms with Crippen LogP contribution in [0.15, 0.2) is 18.2 Å². The Bertz CT molecular complexity index is 597. The van der Waals surface area contributed by atoms with Crippen molar-refractivity contribution in [3.63, 3.8) is 0 Å². The highest BCUT2D eigenvalue weighted by molar-refractivity contribution is 5.53. The van der Waals surface area contributed by atoms with E-state index in [0.717, 1.165) is 0 Å². The minimum Gasteiger partial charge on any atom is -0.490 e. The molecule has 0 atom stereocenters. The molecule has 9 heteroatoms. The number of nitro benzene ring substituents is 1. The Morgan fingerprint density at radius 1 is 1.53 bits per heavy atom. The van der Waals surface area contributed by atoms with Gasteiger partial charge in [-0.3, -0.25) is 10.1 Å². The average molecular weight is 264 g/mol. The van der Waals surface area contributed by atoms with Gasteiger partial charge in [-0.05, 0) is 29.1 Å². The van der Waals surface area contributed by atoms with E-state index in [0.29, 0.717) is 24.5 Å². The lowest BCUT2D eigenvalue weighted by atomic mass is 10.2. The molecular weight excluding hydrogens is 252 g/mol. The largest absolute Gasteiger partial charge is 0.490 e. The molecule has 1 aromatic heterocycles. The quantitative estimate of drug-likeness (QED) is 0.599. The van der Waals surface area contributed by atoms with Crippen LogP contribution >= 0.6 is 0 Å². The number of ether oxygens (including phenoxy) is 1. The summed E-state index contributed by atoms with van der Waals surface area (Å²) in [5.41, 5.74) is 5.80. The zero-order chi connectivity index (χ0) is 13.8. The van der Waals surface area contributed by atoms with Gasteiger partial charge in [-0.25, -0.2) is 0 Å². The van der Waals surface area contributed by atoms with Crippen molar-refractivity contribution >= 4 is 5.69 Å². The van der Waals surface area contributed by atoms with Crippen molar-refractivity contribution in [1.29, 1.82) is 0 Å². The van der Waals surface area contributed by atoms with E-state index >= 15 is 0 Å². The Balaban J connectivity index is 2.48. The Morgan fingerprint density at radius 3 is 2.95 bits per heavy atom. The third kappa shape index (κ3) is 2.50. The molecule has 0 aliphatic heterocycles. The van der Waals surface area contributed by atoms with Crippen molar-refractivity contribution in [2.24, 2.45) is 5.73 Å². The van der Waals surface area contributed by atoms with Gasteiger partial charge in [0.1, 0.15) is 0 Å². The monoisotopic (exact) mass is 264 g/mol. The fourth-order valence-electron chi connectivity index (χ4n) is 1.64. The number of tetrazole rings is 1. The average Bonchev–Trinajstić information content (AvgIpc) is 2.86. The first-order chi connectivity index (χ1) is 9.17. The van der Waals surface area contributed by atoms with Crippen LogP contribution in [0, 0.1) is 10.1 Å². The van der Waals surface area contributed by atoms with E-state index in [4.69, 9.17) is 10.5 Å². The Labute approximate surface area is 108 Å². The number of aromatic nitrogens is 4. The molecule has 0 unspecified atom stereocenters. The first kappa shape index (κ1) is 12.9. The summed E-state index contributed by atoms with van der Waals surface area (Å²) in [7, 11) is 1.37. The van der Waals surface area contributed by atoms with Crippen LogP contribution in [0.5, 0.6) is 5.75 Å². The number of benzene rings is 1. The molecule has 0 saturated carbocycles. The Kier molecular flexibility index (Phi) is 3.66. The first-order valence-corrected chi connectivity index (χ1v) is 5.47. The highest BCUT2D eigenvalue weighted by Crippen LogP contribution is 2.28. The van der Waals surface area contributed by atoms with E-state index in [2.05, 4.69) is 15.5 Å². The van der Waals surface area contributed by atoms with Gasteiger partial charge in [0.25, 0.3) is 0 Å². The van der Waals surface area contributed by atoms with Crippen LogP contribution in [0.25, 0.3) is 5.69 Å². The second-order valence-electron chi connectivity index (χ2n) is 3.66. The van der Waals surface area contributed by atoms with Crippen molar-refractivity contribution < 1.29 is 9.66 Å². The van der Waals surface area contributed by atoms with Gasteiger partial charge >= 0.3 is 5.69 Å². The molecule has 0 saturated heterocycles. The third-order valence-corrected chi connectivity index (χ3v) is 2.51. The molecule has 0 radical (unpaired) electrons. The summed E-state index contributed by atoms with van der Waals surface area (Å²) in [6.07, 6.45) is 0.479. The molecule has 0 aliphatic rings. The van der Waals surface area contributed by atoms with Crippen LogP contribution < -0.4 is 10.5 Å². The molecule has 0 aliphatic carbocycles. The van der Waals surface area contributed by atoms with E-state index in [1.54, 1.807) is 6.07 Å². The van der Waals surface area contributed by atoms with Gasteiger partial charge in [0.15, 0.2) is 11.6 Å². The Morgan fingerprint density at radius 2 is 2.32 bits per heavy atom.